The lowest BCUT2D eigenvalue weighted by Gasteiger charge is -2.20. The lowest BCUT2D eigenvalue weighted by atomic mass is 10.1. The summed E-state index contributed by atoms with van der Waals surface area (Å²) in [6, 6.07) is 15.0. The molecule has 7 heteroatoms. The zero-order valence-electron chi connectivity index (χ0n) is 17.6. The molecule has 0 spiro atoms. The molecule has 0 aliphatic heterocycles. The van der Waals surface area contributed by atoms with Gasteiger partial charge in [0.15, 0.2) is 5.13 Å². The molecule has 1 amide bonds. The van der Waals surface area contributed by atoms with Gasteiger partial charge in [-0.15, -0.1) is 11.3 Å². The van der Waals surface area contributed by atoms with Gasteiger partial charge in [0.2, 0.25) is 5.91 Å². The fourth-order valence-electron chi connectivity index (χ4n) is 3.03. The van der Waals surface area contributed by atoms with Crippen LogP contribution in [0.15, 0.2) is 53.9 Å². The molecule has 0 saturated carbocycles. The molecule has 0 aliphatic rings. The molecule has 0 fully saturated rings. The summed E-state index contributed by atoms with van der Waals surface area (Å²) in [4.78, 5) is 32.8. The quantitative estimate of drug-likeness (QED) is 0.510. The molecule has 6 nitrogen and oxygen atoms in total. The Bertz CT molecular complexity index is 1050. The Kier molecular flexibility index (Phi) is 6.84. The van der Waals surface area contributed by atoms with Gasteiger partial charge in [0.1, 0.15) is 6.61 Å². The van der Waals surface area contributed by atoms with Crippen LogP contribution >= 0.6 is 11.3 Å². The Balaban J connectivity index is 1.74. The Hall–Kier alpha value is -3.19. The van der Waals surface area contributed by atoms with Crippen molar-refractivity contribution in [2.75, 3.05) is 23.9 Å². The maximum atomic E-state index is 12.4. The average molecular weight is 424 g/mol. The van der Waals surface area contributed by atoms with Crippen molar-refractivity contribution in [3.8, 4) is 0 Å². The van der Waals surface area contributed by atoms with E-state index in [0.29, 0.717) is 16.4 Å². The second-order valence-corrected chi connectivity index (χ2v) is 7.82. The predicted molar refractivity (Wildman–Crippen MR) is 121 cm³/mol. The van der Waals surface area contributed by atoms with Crippen LogP contribution in [0.1, 0.15) is 35.5 Å². The molecular formula is C23H25N3O3S. The van der Waals surface area contributed by atoms with Crippen LogP contribution in [-0.4, -0.2) is 31.0 Å². The molecule has 0 bridgehead atoms. The molecule has 156 valence electrons. The van der Waals surface area contributed by atoms with Gasteiger partial charge in [-0.3, -0.25) is 9.69 Å². The Morgan fingerprint density at radius 1 is 1.10 bits per heavy atom. The normalized spacial score (nSPS) is 10.5. The minimum absolute atomic E-state index is 0.0443. The van der Waals surface area contributed by atoms with Crippen LogP contribution in [0.3, 0.4) is 0 Å². The largest absolute Gasteiger partial charge is 0.456 e. The number of hydrogen-bond donors (Lipinski definition) is 0. The van der Waals surface area contributed by atoms with E-state index in [9.17, 15) is 9.59 Å². The lowest BCUT2D eigenvalue weighted by Crippen LogP contribution is -2.23. The molecule has 1 heterocycles. The van der Waals surface area contributed by atoms with Crippen LogP contribution in [0.4, 0.5) is 16.5 Å². The van der Waals surface area contributed by atoms with Crippen molar-refractivity contribution in [1.82, 2.24) is 4.98 Å². The van der Waals surface area contributed by atoms with E-state index in [1.54, 1.807) is 17.0 Å². The van der Waals surface area contributed by atoms with Crippen LogP contribution in [0.25, 0.3) is 0 Å². The number of amides is 1. The van der Waals surface area contributed by atoms with Crippen LogP contribution in [0.5, 0.6) is 0 Å². The number of aryl methyl sites for hydroxylation is 1. The number of carbonyl (C=O) groups excluding carboxylic acids is 2. The fourth-order valence-corrected chi connectivity index (χ4v) is 3.90. The van der Waals surface area contributed by atoms with Crippen LogP contribution < -0.4 is 9.80 Å². The number of carbonyl (C=O) groups is 2. The molecule has 1 aromatic heterocycles. The number of nitrogens with zero attached hydrogens (tertiary/aromatic N) is 3. The number of aromatic nitrogens is 1. The molecule has 0 unspecified atom stereocenters. The molecule has 0 N–H and O–H groups in total. The molecule has 0 atom stereocenters. The molecule has 0 radical (unpaired) electrons. The van der Waals surface area contributed by atoms with Gasteiger partial charge in [-0.1, -0.05) is 31.2 Å². The number of rotatable bonds is 7. The van der Waals surface area contributed by atoms with Crippen molar-refractivity contribution >= 4 is 39.7 Å². The smallest absolute Gasteiger partial charge is 0.338 e. The summed E-state index contributed by atoms with van der Waals surface area (Å²) in [5, 5.41) is 2.37. The number of hydrogen-bond acceptors (Lipinski definition) is 6. The summed E-state index contributed by atoms with van der Waals surface area (Å²) >= 11 is 1.35. The minimum atomic E-state index is -0.409. The van der Waals surface area contributed by atoms with E-state index in [0.717, 1.165) is 23.4 Å². The van der Waals surface area contributed by atoms with Crippen LogP contribution in [0.2, 0.25) is 0 Å². The fraction of sp³-hybridized carbons (Fsp3) is 0.261. The van der Waals surface area contributed by atoms with Gasteiger partial charge in [-0.2, -0.15) is 0 Å². The minimum Gasteiger partial charge on any atom is -0.456 e. The molecule has 30 heavy (non-hydrogen) atoms. The van der Waals surface area contributed by atoms with Gasteiger partial charge >= 0.3 is 5.97 Å². The van der Waals surface area contributed by atoms with E-state index in [1.165, 1.54) is 18.3 Å². The van der Waals surface area contributed by atoms with Crippen molar-refractivity contribution in [3.05, 3.63) is 70.7 Å². The first-order chi connectivity index (χ1) is 14.4. The van der Waals surface area contributed by atoms with Gasteiger partial charge in [-0.05, 0) is 36.2 Å². The van der Waals surface area contributed by atoms with Gasteiger partial charge in [0.25, 0.3) is 0 Å². The van der Waals surface area contributed by atoms with Crippen LogP contribution in [-0.2, 0) is 22.6 Å². The summed E-state index contributed by atoms with van der Waals surface area (Å²) in [6.45, 7) is 3.61. The average Bonchev–Trinajstić information content (AvgIpc) is 3.20. The highest BCUT2D eigenvalue weighted by atomic mass is 32.1. The Labute approximate surface area is 180 Å². The summed E-state index contributed by atoms with van der Waals surface area (Å²) in [7, 11) is 3.83. The maximum absolute atomic E-state index is 12.4. The van der Waals surface area contributed by atoms with Gasteiger partial charge in [0.05, 0.1) is 16.9 Å². The molecule has 2 aromatic carbocycles. The summed E-state index contributed by atoms with van der Waals surface area (Å²) < 4.78 is 5.44. The Morgan fingerprint density at radius 2 is 1.87 bits per heavy atom. The molecule has 3 aromatic rings. The highest BCUT2D eigenvalue weighted by Crippen LogP contribution is 2.32. The molecular weight excluding hydrogens is 398 g/mol. The first kappa shape index (κ1) is 21.5. The molecule has 0 aliphatic carbocycles. The number of para-hydroxylation sites is 1. The number of thiazole rings is 1. The van der Waals surface area contributed by atoms with Crippen LogP contribution in [0, 0.1) is 0 Å². The molecule has 0 saturated heterocycles. The highest BCUT2D eigenvalue weighted by molar-refractivity contribution is 7.14. The zero-order valence-corrected chi connectivity index (χ0v) is 18.4. The van der Waals surface area contributed by atoms with Crippen molar-refractivity contribution in [2.24, 2.45) is 0 Å². The third-order valence-corrected chi connectivity index (χ3v) is 5.48. The predicted octanol–water partition coefficient (Wildman–Crippen LogP) is 4.81. The monoisotopic (exact) mass is 423 g/mol. The van der Waals surface area contributed by atoms with E-state index in [-0.39, 0.29) is 12.5 Å². The van der Waals surface area contributed by atoms with Gasteiger partial charge in [0, 0.05) is 32.1 Å². The van der Waals surface area contributed by atoms with Crippen molar-refractivity contribution in [1.29, 1.82) is 0 Å². The second kappa shape index (κ2) is 9.54. The standard InChI is InChI=1S/C23H25N3O3S/c1-5-17-9-6-7-12-21(17)26(16(2)27)23-24-19(15-30-23)14-29-22(28)18-10-8-11-20(13-18)25(3)4/h6-13,15H,5,14H2,1-4H3. The number of ether oxygens (including phenoxy) is 1. The van der Waals surface area contributed by atoms with E-state index in [4.69, 9.17) is 4.74 Å². The van der Waals surface area contributed by atoms with Gasteiger partial charge < -0.3 is 9.64 Å². The second-order valence-electron chi connectivity index (χ2n) is 6.98. The van der Waals surface area contributed by atoms with E-state index < -0.39 is 5.97 Å². The number of benzene rings is 2. The third kappa shape index (κ3) is 4.86. The van der Waals surface area contributed by atoms with Crippen molar-refractivity contribution < 1.29 is 14.3 Å². The summed E-state index contributed by atoms with van der Waals surface area (Å²) in [5.74, 6) is -0.526. The Morgan fingerprint density at radius 3 is 2.57 bits per heavy atom. The summed E-state index contributed by atoms with van der Waals surface area (Å²) in [6.07, 6.45) is 0.807. The van der Waals surface area contributed by atoms with Crippen molar-refractivity contribution in [2.45, 2.75) is 26.9 Å². The first-order valence-electron chi connectivity index (χ1n) is 9.68. The summed E-state index contributed by atoms with van der Waals surface area (Å²) in [5.41, 5.74) is 3.90. The maximum Gasteiger partial charge on any atom is 0.338 e. The lowest BCUT2D eigenvalue weighted by molar-refractivity contribution is -0.115. The van der Waals surface area contributed by atoms with Crippen molar-refractivity contribution in [3.63, 3.8) is 0 Å². The topological polar surface area (TPSA) is 62.7 Å². The highest BCUT2D eigenvalue weighted by Gasteiger charge is 2.20. The van der Waals surface area contributed by atoms with E-state index in [2.05, 4.69) is 11.9 Å². The third-order valence-electron chi connectivity index (χ3n) is 4.61. The van der Waals surface area contributed by atoms with E-state index >= 15 is 0 Å². The van der Waals surface area contributed by atoms with E-state index in [1.807, 2.05) is 60.8 Å². The number of esters is 1. The van der Waals surface area contributed by atoms with Gasteiger partial charge in [-0.25, -0.2) is 9.78 Å². The SMILES string of the molecule is CCc1ccccc1N(C(C)=O)c1nc(COC(=O)c2cccc(N(C)C)c2)cs1. The first-order valence-corrected chi connectivity index (χ1v) is 10.6. The molecule has 3 rings (SSSR count). The zero-order chi connectivity index (χ0) is 21.7. The number of anilines is 3.